The average Bonchev–Trinajstić information content (AvgIpc) is 3.44. The Labute approximate surface area is 200 Å². The second-order valence-corrected chi connectivity index (χ2v) is 12.0. The maximum atomic E-state index is 11.9. The maximum absolute atomic E-state index is 11.9. The summed E-state index contributed by atoms with van der Waals surface area (Å²) in [6.45, 7) is 12.2. The van der Waals surface area contributed by atoms with Gasteiger partial charge in [-0.3, -0.25) is 9.59 Å². The fourth-order valence-corrected chi connectivity index (χ4v) is 5.64. The molecule has 0 spiro atoms. The van der Waals surface area contributed by atoms with Gasteiger partial charge in [0.05, 0.1) is 11.8 Å². The number of carboxylic acid groups (broad SMARTS) is 2. The molecular weight excluding hydrogens is 444 g/mol. The summed E-state index contributed by atoms with van der Waals surface area (Å²) in [5.41, 5.74) is -1.06. The molecule has 0 aromatic carbocycles. The van der Waals surface area contributed by atoms with Crippen molar-refractivity contribution in [2.24, 2.45) is 23.7 Å². The first-order valence-corrected chi connectivity index (χ1v) is 12.0. The molecule has 4 fully saturated rings. The number of carboxylic acids is 2. The molecule has 4 aliphatic rings. The first-order chi connectivity index (χ1) is 15.6. The summed E-state index contributed by atoms with van der Waals surface area (Å²) >= 11 is 0. The summed E-state index contributed by atoms with van der Waals surface area (Å²) in [4.78, 5) is 49.2. The van der Waals surface area contributed by atoms with E-state index in [1.54, 1.807) is 9.80 Å². The number of hydrogen-bond acceptors (Lipinski definition) is 6. The molecule has 0 radical (unpaired) electrons. The number of fused-ring (bicyclic) bond motifs is 4. The van der Waals surface area contributed by atoms with Gasteiger partial charge in [-0.2, -0.15) is 0 Å². The second kappa shape index (κ2) is 9.26. The average molecular weight is 483 g/mol. The molecule has 2 aliphatic carbocycles. The van der Waals surface area contributed by atoms with Crippen LogP contribution in [0.4, 0.5) is 9.59 Å². The van der Waals surface area contributed by atoms with Crippen molar-refractivity contribution in [1.29, 1.82) is 0 Å². The van der Waals surface area contributed by atoms with E-state index in [-0.39, 0.29) is 24.3 Å². The monoisotopic (exact) mass is 482 g/mol. The first kappa shape index (κ1) is 26.1. The lowest BCUT2D eigenvalue weighted by Gasteiger charge is -2.32. The molecule has 0 aromatic rings. The molecule has 4 rings (SSSR count). The third-order valence-corrected chi connectivity index (χ3v) is 6.85. The highest BCUT2D eigenvalue weighted by atomic mass is 16.6. The zero-order valence-corrected chi connectivity index (χ0v) is 20.9. The van der Waals surface area contributed by atoms with Crippen molar-refractivity contribution in [2.45, 2.75) is 90.5 Å². The van der Waals surface area contributed by atoms with Crippen LogP contribution in [0.1, 0.15) is 67.2 Å². The van der Waals surface area contributed by atoms with Gasteiger partial charge >= 0.3 is 24.1 Å². The molecule has 10 nitrogen and oxygen atoms in total. The molecule has 2 heterocycles. The van der Waals surface area contributed by atoms with Gasteiger partial charge in [0.15, 0.2) is 0 Å². The Morgan fingerprint density at radius 1 is 0.647 bits per heavy atom. The third-order valence-electron chi connectivity index (χ3n) is 6.85. The minimum atomic E-state index is -0.800. The van der Waals surface area contributed by atoms with Crippen LogP contribution in [0.25, 0.3) is 0 Å². The topological polar surface area (TPSA) is 134 Å². The summed E-state index contributed by atoms with van der Waals surface area (Å²) in [5, 5.41) is 18.2. The van der Waals surface area contributed by atoms with Crippen LogP contribution < -0.4 is 0 Å². The van der Waals surface area contributed by atoms with Crippen LogP contribution in [0.5, 0.6) is 0 Å². The first-order valence-electron chi connectivity index (χ1n) is 12.0. The number of carbonyl (C=O) groups is 4. The Balaban J connectivity index is 0.000000191. The number of carbonyl (C=O) groups excluding carboxylic acids is 2. The number of likely N-dealkylation sites (tertiary alicyclic amines) is 2. The Morgan fingerprint density at radius 2 is 0.971 bits per heavy atom. The normalized spacial score (nSPS) is 31.7. The van der Waals surface area contributed by atoms with Crippen molar-refractivity contribution in [3.63, 3.8) is 0 Å². The summed E-state index contributed by atoms with van der Waals surface area (Å²) in [5.74, 6) is -1.78. The van der Waals surface area contributed by atoms with Crippen molar-refractivity contribution in [1.82, 2.24) is 9.80 Å². The Bertz CT molecular complexity index is 762. The number of ether oxygens (including phenoxy) is 2. The van der Waals surface area contributed by atoms with Crippen molar-refractivity contribution >= 4 is 24.1 Å². The molecule has 0 unspecified atom stereocenters. The van der Waals surface area contributed by atoms with Crippen LogP contribution in [0.2, 0.25) is 0 Å². The minimum Gasteiger partial charge on any atom is -0.481 e. The van der Waals surface area contributed by atoms with E-state index in [0.29, 0.717) is 37.8 Å². The standard InChI is InChI=1S/2C12H19NO4/c2*1-12(2,3)17-11(16)13-6-7-4-8(10(14)15)9(13)5-7/h2*7-9H,4-6H2,1-3H3,(H,14,15)/t2*7-,8+,9-/m10/s1. The van der Waals surface area contributed by atoms with Crippen molar-refractivity contribution < 1.29 is 38.9 Å². The Hall–Kier alpha value is -2.52. The third kappa shape index (κ3) is 5.93. The van der Waals surface area contributed by atoms with E-state index in [1.165, 1.54) is 0 Å². The van der Waals surface area contributed by atoms with Crippen LogP contribution in [0.3, 0.4) is 0 Å². The highest BCUT2D eigenvalue weighted by Gasteiger charge is 2.51. The fraction of sp³-hybridized carbons (Fsp3) is 0.833. The molecule has 0 aromatic heterocycles. The van der Waals surface area contributed by atoms with Gasteiger partial charge in [-0.15, -0.1) is 0 Å². The van der Waals surface area contributed by atoms with E-state index < -0.39 is 35.0 Å². The van der Waals surface area contributed by atoms with E-state index in [1.807, 2.05) is 41.5 Å². The number of nitrogens with zero attached hydrogens (tertiary/aromatic N) is 2. The summed E-state index contributed by atoms with van der Waals surface area (Å²) in [7, 11) is 0. The number of rotatable bonds is 2. The summed E-state index contributed by atoms with van der Waals surface area (Å²) in [6.07, 6.45) is 2.23. The van der Waals surface area contributed by atoms with E-state index in [9.17, 15) is 19.2 Å². The van der Waals surface area contributed by atoms with Crippen LogP contribution in [-0.4, -0.2) is 80.5 Å². The molecule has 2 amide bonds. The number of piperidine rings is 2. The predicted molar refractivity (Wildman–Crippen MR) is 121 cm³/mol. The van der Waals surface area contributed by atoms with Crippen molar-refractivity contribution in [3.05, 3.63) is 0 Å². The van der Waals surface area contributed by atoms with Crippen LogP contribution in [0.15, 0.2) is 0 Å². The van der Waals surface area contributed by atoms with Crippen LogP contribution >= 0.6 is 0 Å². The molecule has 2 saturated carbocycles. The molecule has 2 aliphatic heterocycles. The SMILES string of the molecule is CC(C)(C)OC(=O)N1C[C@@H]2C[C@H](C(=O)O)[C@H]1C2.CC(C)(C)OC(=O)N1C[C@H]2C[C@@H](C(=O)O)[C@@H]1C2. The van der Waals surface area contributed by atoms with Gasteiger partial charge in [0, 0.05) is 25.2 Å². The van der Waals surface area contributed by atoms with E-state index in [4.69, 9.17) is 19.7 Å². The van der Waals surface area contributed by atoms with Crippen molar-refractivity contribution in [3.8, 4) is 0 Å². The Morgan fingerprint density at radius 3 is 1.21 bits per heavy atom. The molecule has 4 bridgehead atoms. The zero-order chi connectivity index (χ0) is 25.6. The Kier molecular flexibility index (Phi) is 7.11. The molecular formula is C24H38N2O8. The summed E-state index contributed by atoms with van der Waals surface area (Å²) < 4.78 is 10.6. The van der Waals surface area contributed by atoms with Gasteiger partial charge in [0.25, 0.3) is 0 Å². The van der Waals surface area contributed by atoms with Gasteiger partial charge in [-0.1, -0.05) is 0 Å². The number of hydrogen-bond donors (Lipinski definition) is 2. The largest absolute Gasteiger partial charge is 0.481 e. The zero-order valence-electron chi connectivity index (χ0n) is 20.9. The van der Waals surface area contributed by atoms with Crippen LogP contribution in [-0.2, 0) is 19.1 Å². The van der Waals surface area contributed by atoms with Crippen molar-refractivity contribution in [2.75, 3.05) is 13.1 Å². The maximum Gasteiger partial charge on any atom is 0.410 e. The quantitative estimate of drug-likeness (QED) is 0.611. The van der Waals surface area contributed by atoms with Gasteiger partial charge in [-0.25, -0.2) is 9.59 Å². The van der Waals surface area contributed by atoms with Gasteiger partial charge in [0.2, 0.25) is 0 Å². The predicted octanol–water partition coefficient (Wildman–Crippen LogP) is 3.43. The lowest BCUT2D eigenvalue weighted by atomic mass is 9.99. The van der Waals surface area contributed by atoms with E-state index in [2.05, 4.69) is 0 Å². The van der Waals surface area contributed by atoms with Gasteiger partial charge in [0.1, 0.15) is 11.2 Å². The lowest BCUT2D eigenvalue weighted by molar-refractivity contribution is -0.145. The minimum absolute atomic E-state index is 0.174. The van der Waals surface area contributed by atoms with Gasteiger partial charge in [-0.05, 0) is 79.1 Å². The second-order valence-electron chi connectivity index (χ2n) is 12.0. The number of amides is 2. The highest BCUT2D eigenvalue weighted by Crippen LogP contribution is 2.43. The molecule has 2 saturated heterocycles. The molecule has 6 atom stereocenters. The van der Waals surface area contributed by atoms with E-state index >= 15 is 0 Å². The summed E-state index contributed by atoms with van der Waals surface area (Å²) in [6, 6.07) is -0.348. The van der Waals surface area contributed by atoms with E-state index in [0.717, 1.165) is 12.8 Å². The van der Waals surface area contributed by atoms with Crippen LogP contribution in [0, 0.1) is 23.7 Å². The smallest absolute Gasteiger partial charge is 0.410 e. The van der Waals surface area contributed by atoms with Gasteiger partial charge < -0.3 is 29.5 Å². The lowest BCUT2D eigenvalue weighted by Crippen LogP contribution is -2.46. The fourth-order valence-electron chi connectivity index (χ4n) is 5.64. The number of aliphatic carboxylic acids is 2. The molecule has 34 heavy (non-hydrogen) atoms. The molecule has 2 N–H and O–H groups in total. The molecule has 10 heteroatoms. The molecule has 192 valence electrons. The highest BCUT2D eigenvalue weighted by molar-refractivity contribution is 5.76.